The van der Waals surface area contributed by atoms with Crippen LogP contribution in [-0.2, 0) is 11.4 Å². The summed E-state index contributed by atoms with van der Waals surface area (Å²) in [5.74, 6) is 0.573. The predicted molar refractivity (Wildman–Crippen MR) is 132 cm³/mol. The van der Waals surface area contributed by atoms with Gasteiger partial charge < -0.3 is 10.1 Å². The minimum Gasteiger partial charge on any atom is -0.488 e. The number of benzene rings is 4. The van der Waals surface area contributed by atoms with E-state index in [2.05, 4.69) is 34.6 Å². The van der Waals surface area contributed by atoms with Crippen molar-refractivity contribution < 1.29 is 9.53 Å². The van der Waals surface area contributed by atoms with Gasteiger partial charge in [-0.05, 0) is 52.4 Å². The van der Waals surface area contributed by atoms with Gasteiger partial charge in [0.2, 0.25) is 0 Å². The molecule has 1 amide bonds. The number of amidine groups is 1. The maximum Gasteiger partial charge on any atom is 0.264 e. The maximum atomic E-state index is 12.5. The summed E-state index contributed by atoms with van der Waals surface area (Å²) in [4.78, 5) is 17.6. The van der Waals surface area contributed by atoms with Crippen LogP contribution in [-0.4, -0.2) is 11.1 Å². The highest BCUT2D eigenvalue weighted by atomic mass is 32.2. The minimum atomic E-state index is -0.159. The van der Waals surface area contributed by atoms with Crippen LogP contribution in [0.3, 0.4) is 0 Å². The third-order valence-electron chi connectivity index (χ3n) is 5.11. The van der Waals surface area contributed by atoms with Gasteiger partial charge in [0.1, 0.15) is 12.4 Å². The molecule has 0 saturated carbocycles. The van der Waals surface area contributed by atoms with Gasteiger partial charge in [-0.15, -0.1) is 0 Å². The molecule has 1 fully saturated rings. The Kier molecular flexibility index (Phi) is 5.73. The zero-order chi connectivity index (χ0) is 21.8. The molecule has 32 heavy (non-hydrogen) atoms. The van der Waals surface area contributed by atoms with Crippen molar-refractivity contribution in [2.75, 3.05) is 0 Å². The number of nitrogens with zero attached hydrogens (tertiary/aromatic N) is 1. The van der Waals surface area contributed by atoms with Crippen LogP contribution in [0.25, 0.3) is 16.8 Å². The highest BCUT2D eigenvalue weighted by Crippen LogP contribution is 2.31. The lowest BCUT2D eigenvalue weighted by molar-refractivity contribution is -0.115. The Hall–Kier alpha value is -3.83. The first-order valence-corrected chi connectivity index (χ1v) is 11.1. The molecule has 0 bridgehead atoms. The second kappa shape index (κ2) is 9.12. The number of thioether (sulfide) groups is 1. The first-order chi connectivity index (χ1) is 15.8. The van der Waals surface area contributed by atoms with Crippen molar-refractivity contribution >= 4 is 45.4 Å². The van der Waals surface area contributed by atoms with E-state index in [0.29, 0.717) is 16.7 Å². The van der Waals surface area contributed by atoms with Gasteiger partial charge in [0.15, 0.2) is 5.17 Å². The molecule has 1 aliphatic heterocycles. The summed E-state index contributed by atoms with van der Waals surface area (Å²) in [6.45, 7) is 0.446. The normalized spacial score (nSPS) is 15.9. The van der Waals surface area contributed by atoms with Crippen molar-refractivity contribution in [3.05, 3.63) is 113 Å². The van der Waals surface area contributed by atoms with E-state index in [9.17, 15) is 4.79 Å². The molecule has 0 aliphatic carbocycles. The number of hydrogen-bond donors (Lipinski definition) is 1. The largest absolute Gasteiger partial charge is 0.488 e. The number of rotatable bonds is 5. The molecule has 0 spiro atoms. The Balaban J connectivity index is 1.37. The van der Waals surface area contributed by atoms with Crippen LogP contribution in [0, 0.1) is 0 Å². The number of carbonyl (C=O) groups is 1. The Morgan fingerprint density at radius 1 is 0.844 bits per heavy atom. The first-order valence-electron chi connectivity index (χ1n) is 10.3. The van der Waals surface area contributed by atoms with Crippen LogP contribution < -0.4 is 10.1 Å². The van der Waals surface area contributed by atoms with Gasteiger partial charge in [0.25, 0.3) is 5.91 Å². The highest BCUT2D eigenvalue weighted by molar-refractivity contribution is 8.18. The van der Waals surface area contributed by atoms with Crippen LogP contribution in [0.1, 0.15) is 11.1 Å². The topological polar surface area (TPSA) is 50.7 Å². The van der Waals surface area contributed by atoms with E-state index in [1.54, 1.807) is 0 Å². The van der Waals surface area contributed by atoms with Crippen molar-refractivity contribution in [2.45, 2.75) is 6.61 Å². The molecular weight excluding hydrogens is 416 g/mol. The minimum absolute atomic E-state index is 0.159. The maximum absolute atomic E-state index is 12.5. The molecule has 0 unspecified atom stereocenters. The molecule has 4 aromatic carbocycles. The highest BCUT2D eigenvalue weighted by Gasteiger charge is 2.24. The van der Waals surface area contributed by atoms with E-state index >= 15 is 0 Å². The van der Waals surface area contributed by atoms with Crippen LogP contribution in [0.2, 0.25) is 0 Å². The van der Waals surface area contributed by atoms with Gasteiger partial charge >= 0.3 is 0 Å². The molecule has 0 atom stereocenters. The summed E-state index contributed by atoms with van der Waals surface area (Å²) in [7, 11) is 0. The van der Waals surface area contributed by atoms with Gasteiger partial charge in [-0.2, -0.15) is 0 Å². The zero-order valence-electron chi connectivity index (χ0n) is 17.2. The average molecular weight is 437 g/mol. The van der Waals surface area contributed by atoms with Crippen molar-refractivity contribution in [3.63, 3.8) is 0 Å². The van der Waals surface area contributed by atoms with Crippen LogP contribution in [0.4, 0.5) is 5.69 Å². The number of ether oxygens (including phenoxy) is 1. The molecule has 1 saturated heterocycles. The van der Waals surface area contributed by atoms with Gasteiger partial charge in [0, 0.05) is 5.56 Å². The number of nitrogens with one attached hydrogen (secondary N) is 1. The van der Waals surface area contributed by atoms with E-state index in [0.717, 1.165) is 22.6 Å². The lowest BCUT2D eigenvalue weighted by Crippen LogP contribution is -2.19. The van der Waals surface area contributed by atoms with Gasteiger partial charge in [0.05, 0.1) is 10.6 Å². The fourth-order valence-electron chi connectivity index (χ4n) is 3.55. The van der Waals surface area contributed by atoms with Crippen LogP contribution in [0.15, 0.2) is 107 Å². The summed E-state index contributed by atoms with van der Waals surface area (Å²) >= 11 is 1.33. The van der Waals surface area contributed by atoms with Crippen molar-refractivity contribution in [1.29, 1.82) is 0 Å². The summed E-state index contributed by atoms with van der Waals surface area (Å²) in [5, 5.41) is 5.77. The number of para-hydroxylation sites is 2. The molecule has 1 heterocycles. The fraction of sp³-hybridized carbons (Fsp3) is 0.0370. The Bertz CT molecular complexity index is 1340. The predicted octanol–water partition coefficient (Wildman–Crippen LogP) is 6.31. The molecule has 5 heteroatoms. The third-order valence-corrected chi connectivity index (χ3v) is 6.02. The molecule has 0 radical (unpaired) electrons. The molecule has 156 valence electrons. The quantitative estimate of drug-likeness (QED) is 0.373. The number of fused-ring (bicyclic) bond motifs is 1. The van der Waals surface area contributed by atoms with Crippen molar-refractivity contribution in [2.24, 2.45) is 4.99 Å². The fourth-order valence-corrected chi connectivity index (χ4v) is 4.38. The molecule has 0 aromatic heterocycles. The second-order valence-electron chi connectivity index (χ2n) is 7.28. The molecular formula is C27H20N2O2S. The number of hydrogen-bond acceptors (Lipinski definition) is 4. The molecule has 5 rings (SSSR count). The van der Waals surface area contributed by atoms with Crippen LogP contribution >= 0.6 is 11.8 Å². The van der Waals surface area contributed by atoms with Gasteiger partial charge in [-0.3, -0.25) is 4.79 Å². The van der Waals surface area contributed by atoms with E-state index in [1.165, 1.54) is 22.5 Å². The summed E-state index contributed by atoms with van der Waals surface area (Å²) in [6, 6.07) is 31.8. The van der Waals surface area contributed by atoms with E-state index < -0.39 is 0 Å². The van der Waals surface area contributed by atoms with Crippen molar-refractivity contribution in [1.82, 2.24) is 5.32 Å². The van der Waals surface area contributed by atoms with Crippen molar-refractivity contribution in [3.8, 4) is 5.75 Å². The number of aliphatic imine (C=N–C) groups is 1. The summed E-state index contributed by atoms with van der Waals surface area (Å²) in [6.07, 6.45) is 1.85. The second-order valence-corrected chi connectivity index (χ2v) is 8.31. The first kappa shape index (κ1) is 20.1. The average Bonchev–Trinajstić information content (AvgIpc) is 3.17. The van der Waals surface area contributed by atoms with Gasteiger partial charge in [-0.25, -0.2) is 4.99 Å². The number of carbonyl (C=O) groups excluding carboxylic acids is 1. The Morgan fingerprint density at radius 3 is 2.50 bits per heavy atom. The lowest BCUT2D eigenvalue weighted by Gasteiger charge is -2.11. The zero-order valence-corrected chi connectivity index (χ0v) is 18.0. The summed E-state index contributed by atoms with van der Waals surface area (Å²) in [5.41, 5.74) is 2.78. The van der Waals surface area contributed by atoms with Gasteiger partial charge in [-0.1, -0.05) is 78.9 Å². The van der Waals surface area contributed by atoms with E-state index in [4.69, 9.17) is 4.74 Å². The molecule has 1 N–H and O–H groups in total. The SMILES string of the molecule is O=C1NC(=Nc2ccccc2)S/C1=C/c1ccccc1OCc1cccc2ccccc12. The molecule has 1 aliphatic rings. The smallest absolute Gasteiger partial charge is 0.264 e. The molecule has 4 nitrogen and oxygen atoms in total. The Morgan fingerprint density at radius 2 is 1.59 bits per heavy atom. The van der Waals surface area contributed by atoms with Crippen LogP contribution in [0.5, 0.6) is 5.75 Å². The third kappa shape index (κ3) is 4.43. The molecule has 4 aromatic rings. The lowest BCUT2D eigenvalue weighted by atomic mass is 10.1. The summed E-state index contributed by atoms with van der Waals surface area (Å²) < 4.78 is 6.18. The Labute approximate surface area is 190 Å². The van der Waals surface area contributed by atoms with E-state index in [-0.39, 0.29) is 5.91 Å². The van der Waals surface area contributed by atoms with E-state index in [1.807, 2.05) is 78.9 Å². The monoisotopic (exact) mass is 436 g/mol. The standard InChI is InChI=1S/C27H20N2O2S/c30-26-25(32-27(29-26)28-22-13-2-1-3-14-22)17-20-10-5-7-16-24(20)31-18-21-12-8-11-19-9-4-6-15-23(19)21/h1-17H,18H2,(H,28,29,30)/b25-17+. The number of amides is 1.